The van der Waals surface area contributed by atoms with Gasteiger partial charge in [-0.2, -0.15) is 0 Å². The molecule has 2 aliphatic heterocycles. The van der Waals surface area contributed by atoms with Crippen LogP contribution in [0.2, 0.25) is 5.02 Å². The molecule has 4 N–H and O–H groups in total. The number of carbonyl (C=O) groups excluding carboxylic acids is 3. The molecule has 1 saturated heterocycles. The molecule has 2 aliphatic rings. The molecule has 1 fully saturated rings. The van der Waals surface area contributed by atoms with E-state index in [0.717, 1.165) is 11.1 Å². The Bertz CT molecular complexity index is 1060. The van der Waals surface area contributed by atoms with Crippen molar-refractivity contribution in [3.8, 4) is 11.5 Å². The van der Waals surface area contributed by atoms with Gasteiger partial charge in [0.15, 0.2) is 11.5 Å². The molecule has 0 aromatic heterocycles. The van der Waals surface area contributed by atoms with E-state index in [-0.39, 0.29) is 17.5 Å². The van der Waals surface area contributed by atoms with Gasteiger partial charge in [-0.15, -0.1) is 0 Å². The van der Waals surface area contributed by atoms with Gasteiger partial charge in [0, 0.05) is 11.1 Å². The largest absolute Gasteiger partial charge is 0.439 e. The number of carbonyl (C=O) groups is 3. The summed E-state index contributed by atoms with van der Waals surface area (Å²) in [5.41, 5.74) is 12.1. The third-order valence-corrected chi connectivity index (χ3v) is 5.52. The predicted octanol–water partition coefficient (Wildman–Crippen LogP) is 1.90. The van der Waals surface area contributed by atoms with Crippen molar-refractivity contribution < 1.29 is 28.6 Å². The van der Waals surface area contributed by atoms with Gasteiger partial charge in [-0.3, -0.25) is 9.59 Å². The quantitative estimate of drug-likeness (QED) is 0.652. The van der Waals surface area contributed by atoms with E-state index in [0.29, 0.717) is 18.0 Å². The van der Waals surface area contributed by atoms with Crippen molar-refractivity contribution in [2.45, 2.75) is 31.3 Å². The van der Waals surface area contributed by atoms with Gasteiger partial charge in [0.05, 0.1) is 6.54 Å². The van der Waals surface area contributed by atoms with Crippen LogP contribution in [0.3, 0.4) is 0 Å². The van der Waals surface area contributed by atoms with Crippen LogP contribution in [0.1, 0.15) is 24.2 Å². The Hall–Kier alpha value is -3.46. The van der Waals surface area contributed by atoms with Gasteiger partial charge in [0.1, 0.15) is 6.10 Å². The number of hydrogen-bond donors (Lipinski definition) is 2. The maximum absolute atomic E-state index is 12.4. The molecule has 31 heavy (non-hydrogen) atoms. The third kappa shape index (κ3) is 3.72. The monoisotopic (exact) mass is 445 g/mol. The van der Waals surface area contributed by atoms with E-state index in [1.807, 2.05) is 19.1 Å². The van der Waals surface area contributed by atoms with Crippen LogP contribution < -0.4 is 20.9 Å². The molecule has 9 nitrogen and oxygen atoms in total. The number of cyclic esters (lactones) is 1. The SMILES string of the molecule is CC(Cc1ccc2c(c1)OC(C(N)=O)(C(N)=O)O2)N1CC(c2cccc(Cl)c2)OC1=O. The van der Waals surface area contributed by atoms with E-state index in [1.54, 1.807) is 35.2 Å². The highest BCUT2D eigenvalue weighted by Crippen LogP contribution is 2.40. The van der Waals surface area contributed by atoms with Crippen LogP contribution in [0.5, 0.6) is 11.5 Å². The number of amides is 3. The van der Waals surface area contributed by atoms with E-state index in [1.165, 1.54) is 0 Å². The number of rotatable bonds is 6. The van der Waals surface area contributed by atoms with Crippen molar-refractivity contribution in [3.05, 3.63) is 58.6 Å². The van der Waals surface area contributed by atoms with Crippen molar-refractivity contribution in [3.63, 3.8) is 0 Å². The molecule has 2 unspecified atom stereocenters. The first-order valence-corrected chi connectivity index (χ1v) is 9.91. The second-order valence-corrected chi connectivity index (χ2v) is 7.90. The highest BCUT2D eigenvalue weighted by atomic mass is 35.5. The summed E-state index contributed by atoms with van der Waals surface area (Å²) < 4.78 is 16.2. The lowest BCUT2D eigenvalue weighted by Gasteiger charge is -2.22. The first kappa shape index (κ1) is 20.8. The third-order valence-electron chi connectivity index (χ3n) is 5.29. The average molecular weight is 446 g/mol. The van der Waals surface area contributed by atoms with Gasteiger partial charge in [-0.25, -0.2) is 4.79 Å². The standard InChI is InChI=1S/C21H20ClN3O6/c1-11(25-10-17(29-20(25)28)13-3-2-4-14(22)9-13)7-12-5-6-15-16(8-12)31-21(30-15,18(23)26)19(24)27/h2-6,8-9,11,17H,7,10H2,1H3,(H2,23,26)(H2,24,27). The van der Waals surface area contributed by atoms with E-state index < -0.39 is 29.8 Å². The molecular formula is C21H20ClN3O6. The van der Waals surface area contributed by atoms with Crippen LogP contribution in [0, 0.1) is 0 Å². The molecular weight excluding hydrogens is 426 g/mol. The summed E-state index contributed by atoms with van der Waals surface area (Å²) in [5.74, 6) is -4.30. The fourth-order valence-electron chi connectivity index (χ4n) is 3.67. The molecule has 162 valence electrons. The van der Waals surface area contributed by atoms with E-state index in [9.17, 15) is 14.4 Å². The Morgan fingerprint density at radius 1 is 1.16 bits per heavy atom. The van der Waals surface area contributed by atoms with Crippen LogP contribution >= 0.6 is 11.6 Å². The van der Waals surface area contributed by atoms with E-state index in [2.05, 4.69) is 0 Å². The molecule has 2 heterocycles. The fourth-order valence-corrected chi connectivity index (χ4v) is 3.87. The smallest absolute Gasteiger partial charge is 0.414 e. The van der Waals surface area contributed by atoms with Crippen LogP contribution in [0.4, 0.5) is 4.79 Å². The second kappa shape index (κ2) is 7.66. The molecule has 0 bridgehead atoms. The number of hydrogen-bond acceptors (Lipinski definition) is 6. The maximum Gasteiger partial charge on any atom is 0.414 e. The number of nitrogens with two attached hydrogens (primary N) is 2. The van der Waals surface area contributed by atoms with Gasteiger partial charge >= 0.3 is 23.7 Å². The lowest BCUT2D eigenvalue weighted by atomic mass is 10.0. The summed E-state index contributed by atoms with van der Waals surface area (Å²) in [4.78, 5) is 37.4. The zero-order valence-electron chi connectivity index (χ0n) is 16.5. The first-order chi connectivity index (χ1) is 14.7. The number of ether oxygens (including phenoxy) is 3. The summed E-state index contributed by atoms with van der Waals surface area (Å²) in [6, 6.07) is 11.9. The molecule has 2 aromatic rings. The summed E-state index contributed by atoms with van der Waals surface area (Å²) in [5, 5.41) is 0.573. The number of halogens is 1. The van der Waals surface area contributed by atoms with Gasteiger partial charge in [-0.05, 0) is 48.7 Å². The molecule has 4 rings (SSSR count). The number of primary amides is 2. The van der Waals surface area contributed by atoms with Gasteiger partial charge in [0.25, 0.3) is 0 Å². The lowest BCUT2D eigenvalue weighted by Crippen LogP contribution is -2.60. The average Bonchev–Trinajstić information content (AvgIpc) is 3.29. The van der Waals surface area contributed by atoms with Crippen LogP contribution in [-0.2, 0) is 20.7 Å². The number of fused-ring (bicyclic) bond motifs is 1. The summed E-state index contributed by atoms with van der Waals surface area (Å²) >= 11 is 6.04. The molecule has 2 atom stereocenters. The Morgan fingerprint density at radius 3 is 2.55 bits per heavy atom. The van der Waals surface area contributed by atoms with Crippen molar-refractivity contribution >= 4 is 29.5 Å². The minimum Gasteiger partial charge on any atom is -0.439 e. The topological polar surface area (TPSA) is 134 Å². The Morgan fingerprint density at radius 2 is 1.87 bits per heavy atom. The minimum atomic E-state index is -2.37. The number of benzene rings is 2. The first-order valence-electron chi connectivity index (χ1n) is 9.53. The predicted molar refractivity (Wildman–Crippen MR) is 109 cm³/mol. The molecule has 0 spiro atoms. The zero-order chi connectivity index (χ0) is 22.3. The van der Waals surface area contributed by atoms with Gasteiger partial charge < -0.3 is 30.6 Å². The van der Waals surface area contributed by atoms with Gasteiger partial charge in [0.2, 0.25) is 0 Å². The molecule has 10 heteroatoms. The van der Waals surface area contributed by atoms with E-state index in [4.69, 9.17) is 37.3 Å². The highest BCUT2D eigenvalue weighted by molar-refractivity contribution is 6.30. The van der Waals surface area contributed by atoms with Crippen molar-refractivity contribution in [2.24, 2.45) is 11.5 Å². The lowest BCUT2D eigenvalue weighted by molar-refractivity contribution is -0.166. The molecule has 0 radical (unpaired) electrons. The molecule has 0 saturated carbocycles. The highest BCUT2D eigenvalue weighted by Gasteiger charge is 2.54. The number of nitrogens with zero attached hydrogens (tertiary/aromatic N) is 1. The van der Waals surface area contributed by atoms with Crippen LogP contribution in [0.15, 0.2) is 42.5 Å². The summed E-state index contributed by atoms with van der Waals surface area (Å²) in [6.07, 6.45) is -0.356. The Kier molecular flexibility index (Phi) is 5.14. The fraction of sp³-hybridized carbons (Fsp3) is 0.286. The van der Waals surface area contributed by atoms with Crippen LogP contribution in [0.25, 0.3) is 0 Å². The van der Waals surface area contributed by atoms with E-state index >= 15 is 0 Å². The van der Waals surface area contributed by atoms with Gasteiger partial charge in [-0.1, -0.05) is 29.8 Å². The zero-order valence-corrected chi connectivity index (χ0v) is 17.3. The molecule has 3 amide bonds. The second-order valence-electron chi connectivity index (χ2n) is 7.46. The van der Waals surface area contributed by atoms with Crippen molar-refractivity contribution in [2.75, 3.05) is 6.54 Å². The Balaban J connectivity index is 1.47. The normalized spacial score (nSPS) is 19.7. The molecule has 2 aromatic carbocycles. The van der Waals surface area contributed by atoms with Crippen molar-refractivity contribution in [1.82, 2.24) is 4.90 Å². The molecule has 0 aliphatic carbocycles. The minimum absolute atomic E-state index is 0.170. The summed E-state index contributed by atoms with van der Waals surface area (Å²) in [6.45, 7) is 2.28. The maximum atomic E-state index is 12.4. The van der Waals surface area contributed by atoms with Crippen molar-refractivity contribution in [1.29, 1.82) is 0 Å². The summed E-state index contributed by atoms with van der Waals surface area (Å²) in [7, 11) is 0. The van der Waals surface area contributed by atoms with Crippen LogP contribution in [-0.4, -0.2) is 41.2 Å². The Labute approximate surface area is 182 Å².